The SMILES string of the molecule is NCc1nc(C(=O)Nc2cc(C(F)(F)F)ccc2O)cs1. The molecule has 21 heavy (non-hydrogen) atoms. The van der Waals surface area contributed by atoms with Gasteiger partial charge in [0, 0.05) is 11.9 Å². The van der Waals surface area contributed by atoms with Gasteiger partial charge in [-0.2, -0.15) is 13.2 Å². The minimum Gasteiger partial charge on any atom is -0.506 e. The molecule has 2 aromatic rings. The van der Waals surface area contributed by atoms with Crippen molar-refractivity contribution < 1.29 is 23.1 Å². The third-order valence-corrected chi connectivity index (χ3v) is 3.40. The van der Waals surface area contributed by atoms with Gasteiger partial charge in [-0.3, -0.25) is 4.79 Å². The van der Waals surface area contributed by atoms with Crippen LogP contribution in [0.5, 0.6) is 5.75 Å². The van der Waals surface area contributed by atoms with E-state index in [0.29, 0.717) is 11.1 Å². The Morgan fingerprint density at radius 1 is 1.43 bits per heavy atom. The Kier molecular flexibility index (Phi) is 4.14. The Hall–Kier alpha value is -2.13. The lowest BCUT2D eigenvalue weighted by Gasteiger charge is -2.11. The molecule has 0 aliphatic carbocycles. The summed E-state index contributed by atoms with van der Waals surface area (Å²) in [5.41, 5.74) is 4.07. The highest BCUT2D eigenvalue weighted by atomic mass is 32.1. The molecule has 0 aliphatic heterocycles. The third-order valence-electron chi connectivity index (χ3n) is 2.53. The predicted molar refractivity (Wildman–Crippen MR) is 71.1 cm³/mol. The van der Waals surface area contributed by atoms with Crippen LogP contribution in [0.1, 0.15) is 21.1 Å². The monoisotopic (exact) mass is 317 g/mol. The summed E-state index contributed by atoms with van der Waals surface area (Å²) in [6.45, 7) is 0.159. The van der Waals surface area contributed by atoms with Crippen molar-refractivity contribution in [1.82, 2.24) is 4.98 Å². The number of anilines is 1. The number of hydrogen-bond donors (Lipinski definition) is 3. The topological polar surface area (TPSA) is 88.2 Å². The van der Waals surface area contributed by atoms with Crippen LogP contribution < -0.4 is 11.1 Å². The number of benzene rings is 1. The average Bonchev–Trinajstić information content (AvgIpc) is 2.88. The van der Waals surface area contributed by atoms with E-state index in [9.17, 15) is 23.1 Å². The number of nitrogens with zero attached hydrogens (tertiary/aromatic N) is 1. The number of carbonyl (C=O) groups is 1. The summed E-state index contributed by atoms with van der Waals surface area (Å²) in [7, 11) is 0. The van der Waals surface area contributed by atoms with Crippen LogP contribution in [0.3, 0.4) is 0 Å². The first-order valence-electron chi connectivity index (χ1n) is 5.67. The van der Waals surface area contributed by atoms with Crippen molar-refractivity contribution in [1.29, 1.82) is 0 Å². The minimum absolute atomic E-state index is 0.0252. The van der Waals surface area contributed by atoms with Crippen LogP contribution in [0.25, 0.3) is 0 Å². The number of phenolic OH excluding ortho intramolecular Hbond substituents is 1. The zero-order valence-corrected chi connectivity index (χ0v) is 11.3. The molecule has 1 amide bonds. The summed E-state index contributed by atoms with van der Waals surface area (Å²) in [6, 6.07) is 2.24. The van der Waals surface area contributed by atoms with Crippen LogP contribution in [0.4, 0.5) is 18.9 Å². The summed E-state index contributed by atoms with van der Waals surface area (Å²) in [5, 5.41) is 13.7. The third kappa shape index (κ3) is 3.50. The quantitative estimate of drug-likeness (QED) is 0.759. The van der Waals surface area contributed by atoms with Gasteiger partial charge in [0.1, 0.15) is 16.5 Å². The highest BCUT2D eigenvalue weighted by Crippen LogP contribution is 2.34. The number of aromatic nitrogens is 1. The molecule has 0 bridgehead atoms. The van der Waals surface area contributed by atoms with Gasteiger partial charge >= 0.3 is 6.18 Å². The van der Waals surface area contributed by atoms with Crippen LogP contribution in [0.2, 0.25) is 0 Å². The summed E-state index contributed by atoms with van der Waals surface area (Å²) in [4.78, 5) is 15.8. The molecule has 0 aliphatic rings. The van der Waals surface area contributed by atoms with E-state index in [1.54, 1.807) is 0 Å². The predicted octanol–water partition coefficient (Wildman–Crippen LogP) is 2.58. The standard InChI is InChI=1S/C12H10F3N3O2S/c13-12(14,15)6-1-2-9(19)7(3-6)18-11(20)8-5-21-10(4-16)17-8/h1-3,5,19H,4,16H2,(H,18,20). The van der Waals surface area contributed by atoms with Gasteiger partial charge < -0.3 is 16.2 Å². The number of halogens is 3. The normalized spacial score (nSPS) is 11.4. The number of alkyl halides is 3. The van der Waals surface area contributed by atoms with Crippen molar-refractivity contribution in [2.75, 3.05) is 5.32 Å². The van der Waals surface area contributed by atoms with E-state index in [4.69, 9.17) is 5.73 Å². The molecule has 5 nitrogen and oxygen atoms in total. The van der Waals surface area contributed by atoms with Crippen LogP contribution in [0.15, 0.2) is 23.6 Å². The van der Waals surface area contributed by atoms with E-state index in [-0.39, 0.29) is 17.9 Å². The minimum atomic E-state index is -4.57. The fourth-order valence-corrected chi connectivity index (χ4v) is 2.16. The van der Waals surface area contributed by atoms with Gasteiger partial charge in [-0.25, -0.2) is 4.98 Å². The van der Waals surface area contributed by atoms with Crippen LogP contribution in [-0.4, -0.2) is 16.0 Å². The molecule has 1 aromatic heterocycles. The van der Waals surface area contributed by atoms with Crippen LogP contribution >= 0.6 is 11.3 Å². The Bertz CT molecular complexity index is 670. The summed E-state index contributed by atoms with van der Waals surface area (Å²) in [6.07, 6.45) is -4.57. The van der Waals surface area contributed by atoms with Crippen molar-refractivity contribution in [3.05, 3.63) is 39.8 Å². The highest BCUT2D eigenvalue weighted by Gasteiger charge is 2.31. The average molecular weight is 317 g/mol. The van der Waals surface area contributed by atoms with Crippen LogP contribution in [-0.2, 0) is 12.7 Å². The molecular weight excluding hydrogens is 307 g/mol. The van der Waals surface area contributed by atoms with Gasteiger partial charge in [0.15, 0.2) is 0 Å². The molecule has 0 atom stereocenters. The zero-order valence-electron chi connectivity index (χ0n) is 10.4. The Morgan fingerprint density at radius 2 is 2.14 bits per heavy atom. The van der Waals surface area contributed by atoms with Crippen molar-refractivity contribution in [3.8, 4) is 5.75 Å². The highest BCUT2D eigenvalue weighted by molar-refractivity contribution is 7.09. The molecule has 4 N–H and O–H groups in total. The molecule has 0 radical (unpaired) electrons. The second-order valence-electron chi connectivity index (χ2n) is 4.01. The van der Waals surface area contributed by atoms with Crippen molar-refractivity contribution >= 4 is 22.9 Å². The maximum atomic E-state index is 12.6. The van der Waals surface area contributed by atoms with E-state index in [1.165, 1.54) is 5.38 Å². The summed E-state index contributed by atoms with van der Waals surface area (Å²) >= 11 is 1.16. The fourth-order valence-electron chi connectivity index (χ4n) is 1.51. The maximum absolute atomic E-state index is 12.6. The number of nitrogens with one attached hydrogen (secondary N) is 1. The lowest BCUT2D eigenvalue weighted by molar-refractivity contribution is -0.137. The van der Waals surface area contributed by atoms with Gasteiger partial charge in [0.25, 0.3) is 5.91 Å². The van der Waals surface area contributed by atoms with Crippen molar-refractivity contribution in [2.24, 2.45) is 5.73 Å². The molecule has 0 fully saturated rings. The number of hydrogen-bond acceptors (Lipinski definition) is 5. The largest absolute Gasteiger partial charge is 0.506 e. The molecule has 1 aromatic carbocycles. The number of nitrogens with two attached hydrogens (primary N) is 1. The lowest BCUT2D eigenvalue weighted by atomic mass is 10.1. The molecule has 0 unspecified atom stereocenters. The molecule has 112 valence electrons. The molecule has 0 saturated carbocycles. The van der Waals surface area contributed by atoms with E-state index < -0.39 is 23.4 Å². The van der Waals surface area contributed by atoms with Gasteiger partial charge in [-0.05, 0) is 18.2 Å². The van der Waals surface area contributed by atoms with E-state index >= 15 is 0 Å². The number of thiazole rings is 1. The lowest BCUT2D eigenvalue weighted by Crippen LogP contribution is -2.14. The van der Waals surface area contributed by atoms with Crippen molar-refractivity contribution in [2.45, 2.75) is 12.7 Å². The van der Waals surface area contributed by atoms with Crippen molar-refractivity contribution in [3.63, 3.8) is 0 Å². The summed E-state index contributed by atoms with van der Waals surface area (Å²) < 4.78 is 37.8. The number of carbonyl (C=O) groups excluding carboxylic acids is 1. The molecule has 9 heteroatoms. The van der Waals surface area contributed by atoms with Gasteiger partial charge in [-0.15, -0.1) is 11.3 Å². The molecule has 0 spiro atoms. The zero-order chi connectivity index (χ0) is 15.6. The first kappa shape index (κ1) is 15.3. The number of rotatable bonds is 3. The van der Waals surface area contributed by atoms with E-state index in [1.807, 2.05) is 0 Å². The van der Waals surface area contributed by atoms with E-state index in [2.05, 4.69) is 10.3 Å². The number of amides is 1. The maximum Gasteiger partial charge on any atom is 0.416 e. The molecule has 1 heterocycles. The van der Waals surface area contributed by atoms with Gasteiger partial charge in [-0.1, -0.05) is 0 Å². The smallest absolute Gasteiger partial charge is 0.416 e. The molecule has 0 saturated heterocycles. The van der Waals surface area contributed by atoms with Crippen LogP contribution in [0, 0.1) is 0 Å². The number of aromatic hydroxyl groups is 1. The molecule has 2 rings (SSSR count). The Labute approximate surface area is 121 Å². The second kappa shape index (κ2) is 5.70. The summed E-state index contributed by atoms with van der Waals surface area (Å²) in [5.74, 6) is -1.19. The van der Waals surface area contributed by atoms with E-state index in [0.717, 1.165) is 23.5 Å². The van der Waals surface area contributed by atoms with Gasteiger partial charge in [0.05, 0.1) is 11.3 Å². The molecular formula is C12H10F3N3O2S. The first-order valence-corrected chi connectivity index (χ1v) is 6.55. The van der Waals surface area contributed by atoms with Gasteiger partial charge in [0.2, 0.25) is 0 Å². The number of phenols is 1. The Morgan fingerprint density at radius 3 is 2.71 bits per heavy atom. The second-order valence-corrected chi connectivity index (χ2v) is 4.96. The fraction of sp³-hybridized carbons (Fsp3) is 0.167. The first-order chi connectivity index (χ1) is 9.81. The Balaban J connectivity index is 2.24.